The molecule has 3 heteroatoms. The molecule has 2 aromatic rings. The van der Waals surface area contributed by atoms with E-state index in [9.17, 15) is 4.79 Å². The van der Waals surface area contributed by atoms with Crippen LogP contribution in [0.4, 0.5) is 0 Å². The Morgan fingerprint density at radius 3 is 2.69 bits per heavy atom. The number of hydrogen-bond donors (Lipinski definition) is 1. The highest BCUT2D eigenvalue weighted by molar-refractivity contribution is 5.93. The number of pyridine rings is 1. The first-order valence-corrected chi connectivity index (χ1v) is 4.99. The SMILES string of the molecule is Cc1ccccc1-c1cncc(C(N)=O)c1. The maximum atomic E-state index is 11.1. The number of nitrogens with two attached hydrogens (primary N) is 1. The Kier molecular flexibility index (Phi) is 2.68. The van der Waals surface area contributed by atoms with Gasteiger partial charge in [0.05, 0.1) is 5.56 Å². The molecular formula is C13H12N2O. The number of primary amides is 1. The molecule has 0 spiro atoms. The fourth-order valence-corrected chi connectivity index (χ4v) is 1.62. The molecule has 1 heterocycles. The van der Waals surface area contributed by atoms with E-state index in [0.29, 0.717) is 5.56 Å². The van der Waals surface area contributed by atoms with E-state index < -0.39 is 5.91 Å². The van der Waals surface area contributed by atoms with E-state index in [1.165, 1.54) is 6.20 Å². The smallest absolute Gasteiger partial charge is 0.250 e. The summed E-state index contributed by atoms with van der Waals surface area (Å²) >= 11 is 0. The Bertz CT molecular complexity index is 535. The predicted molar refractivity (Wildman–Crippen MR) is 62.9 cm³/mol. The number of amides is 1. The molecule has 0 aliphatic carbocycles. The second kappa shape index (κ2) is 4.14. The number of aryl methyl sites for hydroxylation is 1. The topological polar surface area (TPSA) is 56.0 Å². The molecular weight excluding hydrogens is 200 g/mol. The molecule has 80 valence electrons. The fraction of sp³-hybridized carbons (Fsp3) is 0.0769. The average Bonchev–Trinajstić information content (AvgIpc) is 2.30. The zero-order valence-corrected chi connectivity index (χ0v) is 8.97. The minimum Gasteiger partial charge on any atom is -0.366 e. The van der Waals surface area contributed by atoms with Gasteiger partial charge in [0.25, 0.3) is 0 Å². The van der Waals surface area contributed by atoms with E-state index in [1.807, 2.05) is 31.2 Å². The van der Waals surface area contributed by atoms with Crippen LogP contribution in [-0.4, -0.2) is 10.9 Å². The van der Waals surface area contributed by atoms with Gasteiger partial charge in [0.2, 0.25) is 5.91 Å². The van der Waals surface area contributed by atoms with Crippen molar-refractivity contribution >= 4 is 5.91 Å². The van der Waals surface area contributed by atoms with Gasteiger partial charge in [0.1, 0.15) is 0 Å². The minimum atomic E-state index is -0.456. The molecule has 0 aliphatic heterocycles. The van der Waals surface area contributed by atoms with Crippen molar-refractivity contribution in [1.29, 1.82) is 0 Å². The monoisotopic (exact) mass is 212 g/mol. The molecule has 1 amide bonds. The fourth-order valence-electron chi connectivity index (χ4n) is 1.62. The highest BCUT2D eigenvalue weighted by atomic mass is 16.1. The van der Waals surface area contributed by atoms with Crippen molar-refractivity contribution in [3.63, 3.8) is 0 Å². The largest absolute Gasteiger partial charge is 0.366 e. The predicted octanol–water partition coefficient (Wildman–Crippen LogP) is 2.16. The number of carbonyl (C=O) groups excluding carboxylic acids is 1. The number of rotatable bonds is 2. The van der Waals surface area contributed by atoms with Gasteiger partial charge >= 0.3 is 0 Å². The summed E-state index contributed by atoms with van der Waals surface area (Å²) in [6.45, 7) is 2.02. The first-order valence-electron chi connectivity index (χ1n) is 4.99. The average molecular weight is 212 g/mol. The number of benzene rings is 1. The van der Waals surface area contributed by atoms with E-state index in [1.54, 1.807) is 12.3 Å². The molecule has 0 bridgehead atoms. The van der Waals surface area contributed by atoms with Crippen molar-refractivity contribution in [2.45, 2.75) is 6.92 Å². The van der Waals surface area contributed by atoms with Gasteiger partial charge in [-0.1, -0.05) is 24.3 Å². The Balaban J connectivity index is 2.53. The van der Waals surface area contributed by atoms with Crippen LogP contribution in [-0.2, 0) is 0 Å². The third-order valence-corrected chi connectivity index (χ3v) is 2.48. The Hall–Kier alpha value is -2.16. The van der Waals surface area contributed by atoms with Crippen LogP contribution >= 0.6 is 0 Å². The summed E-state index contributed by atoms with van der Waals surface area (Å²) in [7, 11) is 0. The van der Waals surface area contributed by atoms with Crippen molar-refractivity contribution in [3.8, 4) is 11.1 Å². The highest BCUT2D eigenvalue weighted by Gasteiger charge is 2.05. The molecule has 0 radical (unpaired) electrons. The lowest BCUT2D eigenvalue weighted by Crippen LogP contribution is -2.11. The van der Waals surface area contributed by atoms with Gasteiger partial charge in [0.15, 0.2) is 0 Å². The van der Waals surface area contributed by atoms with Gasteiger partial charge in [-0.15, -0.1) is 0 Å². The van der Waals surface area contributed by atoms with Gasteiger partial charge < -0.3 is 5.73 Å². The van der Waals surface area contributed by atoms with Crippen LogP contribution in [0.3, 0.4) is 0 Å². The van der Waals surface area contributed by atoms with Crippen LogP contribution in [0.5, 0.6) is 0 Å². The first kappa shape index (κ1) is 10.4. The summed E-state index contributed by atoms with van der Waals surface area (Å²) < 4.78 is 0. The molecule has 0 unspecified atom stereocenters. The van der Waals surface area contributed by atoms with Crippen LogP contribution in [0.25, 0.3) is 11.1 Å². The van der Waals surface area contributed by atoms with Crippen molar-refractivity contribution < 1.29 is 4.79 Å². The van der Waals surface area contributed by atoms with Gasteiger partial charge in [-0.2, -0.15) is 0 Å². The lowest BCUT2D eigenvalue weighted by Gasteiger charge is -2.05. The van der Waals surface area contributed by atoms with Crippen LogP contribution in [0.15, 0.2) is 42.7 Å². The molecule has 0 saturated heterocycles. The normalized spacial score (nSPS) is 10.1. The summed E-state index contributed by atoms with van der Waals surface area (Å²) in [4.78, 5) is 15.1. The number of nitrogens with zero attached hydrogens (tertiary/aromatic N) is 1. The first-order chi connectivity index (χ1) is 7.68. The number of aromatic nitrogens is 1. The lowest BCUT2D eigenvalue weighted by molar-refractivity contribution is 0.1000. The molecule has 0 aliphatic rings. The van der Waals surface area contributed by atoms with Crippen LogP contribution < -0.4 is 5.73 Å². The maximum absolute atomic E-state index is 11.1. The quantitative estimate of drug-likeness (QED) is 0.829. The second-order valence-electron chi connectivity index (χ2n) is 3.64. The summed E-state index contributed by atoms with van der Waals surface area (Å²) in [6.07, 6.45) is 3.21. The van der Waals surface area contributed by atoms with Gasteiger partial charge in [-0.05, 0) is 24.1 Å². The molecule has 0 atom stereocenters. The van der Waals surface area contributed by atoms with Gasteiger partial charge in [-0.3, -0.25) is 9.78 Å². The van der Waals surface area contributed by atoms with Crippen molar-refractivity contribution in [3.05, 3.63) is 53.9 Å². The Morgan fingerprint density at radius 1 is 1.25 bits per heavy atom. The van der Waals surface area contributed by atoms with Crippen molar-refractivity contribution in [1.82, 2.24) is 4.98 Å². The van der Waals surface area contributed by atoms with E-state index >= 15 is 0 Å². The van der Waals surface area contributed by atoms with E-state index in [4.69, 9.17) is 5.73 Å². The van der Waals surface area contributed by atoms with Crippen LogP contribution in [0.1, 0.15) is 15.9 Å². The van der Waals surface area contributed by atoms with Crippen LogP contribution in [0.2, 0.25) is 0 Å². The Labute approximate surface area is 93.9 Å². The molecule has 0 saturated carbocycles. The zero-order chi connectivity index (χ0) is 11.5. The van der Waals surface area contributed by atoms with Gasteiger partial charge in [0, 0.05) is 18.0 Å². The number of hydrogen-bond acceptors (Lipinski definition) is 2. The van der Waals surface area contributed by atoms with E-state index in [0.717, 1.165) is 16.7 Å². The third-order valence-electron chi connectivity index (χ3n) is 2.48. The van der Waals surface area contributed by atoms with E-state index in [2.05, 4.69) is 4.98 Å². The summed E-state index contributed by atoms with van der Waals surface area (Å²) in [5, 5.41) is 0. The molecule has 2 N–H and O–H groups in total. The van der Waals surface area contributed by atoms with Crippen LogP contribution in [0, 0.1) is 6.92 Å². The summed E-state index contributed by atoms with van der Waals surface area (Å²) in [5.41, 5.74) is 8.77. The maximum Gasteiger partial charge on any atom is 0.250 e. The molecule has 1 aromatic heterocycles. The number of carbonyl (C=O) groups is 1. The second-order valence-corrected chi connectivity index (χ2v) is 3.64. The zero-order valence-electron chi connectivity index (χ0n) is 8.97. The third kappa shape index (κ3) is 1.93. The summed E-state index contributed by atoms with van der Waals surface area (Å²) in [5.74, 6) is -0.456. The molecule has 2 rings (SSSR count). The highest BCUT2D eigenvalue weighted by Crippen LogP contribution is 2.22. The molecule has 3 nitrogen and oxygen atoms in total. The Morgan fingerprint density at radius 2 is 2.00 bits per heavy atom. The van der Waals surface area contributed by atoms with Crippen molar-refractivity contribution in [2.24, 2.45) is 5.73 Å². The van der Waals surface area contributed by atoms with E-state index in [-0.39, 0.29) is 0 Å². The van der Waals surface area contributed by atoms with Crippen molar-refractivity contribution in [2.75, 3.05) is 0 Å². The summed E-state index contributed by atoms with van der Waals surface area (Å²) in [6, 6.07) is 9.71. The standard InChI is InChI=1S/C13H12N2O/c1-9-4-2-3-5-12(9)10-6-11(13(14)16)8-15-7-10/h2-8H,1H3,(H2,14,16). The lowest BCUT2D eigenvalue weighted by atomic mass is 10.0. The van der Waals surface area contributed by atoms with Gasteiger partial charge in [-0.25, -0.2) is 0 Å². The minimum absolute atomic E-state index is 0.431. The molecule has 1 aromatic carbocycles. The molecule has 0 fully saturated rings. The molecule has 16 heavy (non-hydrogen) atoms.